The predicted molar refractivity (Wildman–Crippen MR) is 393 cm³/mol. The van der Waals surface area contributed by atoms with Gasteiger partial charge in [0.25, 0.3) is 7.82 Å². The van der Waals surface area contributed by atoms with E-state index in [4.69, 9.17) is 18.5 Å². The van der Waals surface area contributed by atoms with Crippen LogP contribution < -0.4 is 4.89 Å². The van der Waals surface area contributed by atoms with E-state index in [1.54, 1.807) is 0 Å². The highest BCUT2D eigenvalue weighted by molar-refractivity contribution is 7.45. The van der Waals surface area contributed by atoms with E-state index in [-0.39, 0.29) is 32.0 Å². The zero-order valence-electron chi connectivity index (χ0n) is 60.8. The Morgan fingerprint density at radius 2 is 0.626 bits per heavy atom. The molecule has 0 heterocycles. The molecule has 0 aromatic rings. The van der Waals surface area contributed by atoms with Gasteiger partial charge in [-0.25, -0.2) is 0 Å². The molecule has 0 N–H and O–H groups in total. The van der Waals surface area contributed by atoms with Gasteiger partial charge in [0.2, 0.25) is 0 Å². The maximum absolute atomic E-state index is 12.9. The molecule has 2 unspecified atom stereocenters. The summed E-state index contributed by atoms with van der Waals surface area (Å²) in [5, 5.41) is 0. The Labute approximate surface area is 565 Å². The van der Waals surface area contributed by atoms with E-state index in [0.717, 1.165) is 77.0 Å². The van der Waals surface area contributed by atoms with Gasteiger partial charge in [0.1, 0.15) is 19.8 Å². The molecule has 0 radical (unpaired) electrons. The molecule has 0 fully saturated rings. The molecular weight excluding hydrogens is 1150 g/mol. The minimum atomic E-state index is -4.64. The van der Waals surface area contributed by atoms with E-state index in [9.17, 15) is 19.0 Å². The van der Waals surface area contributed by atoms with Gasteiger partial charge in [0.05, 0.1) is 27.7 Å². The maximum Gasteiger partial charge on any atom is 0.306 e. The van der Waals surface area contributed by atoms with Crippen molar-refractivity contribution in [3.63, 3.8) is 0 Å². The van der Waals surface area contributed by atoms with Crippen LogP contribution in [0.2, 0.25) is 0 Å². The number of ether oxygens (including phenoxy) is 2. The topological polar surface area (TPSA) is 111 Å². The summed E-state index contributed by atoms with van der Waals surface area (Å²) in [6, 6.07) is 0. The van der Waals surface area contributed by atoms with Gasteiger partial charge in [0, 0.05) is 12.8 Å². The van der Waals surface area contributed by atoms with Crippen LogP contribution in [0.5, 0.6) is 0 Å². The van der Waals surface area contributed by atoms with Crippen LogP contribution in [-0.4, -0.2) is 70.0 Å². The first-order valence-corrected chi connectivity index (χ1v) is 40.6. The Bertz CT molecular complexity index is 1770. The zero-order valence-corrected chi connectivity index (χ0v) is 61.7. The highest BCUT2D eigenvalue weighted by atomic mass is 31.2. The third-order valence-corrected chi connectivity index (χ3v) is 18.5. The van der Waals surface area contributed by atoms with Crippen molar-refractivity contribution in [2.45, 2.75) is 386 Å². The van der Waals surface area contributed by atoms with Crippen molar-refractivity contribution < 1.29 is 42.1 Å². The smallest absolute Gasteiger partial charge is 0.306 e. The average Bonchev–Trinajstić information content (AvgIpc) is 3.73. The normalized spacial score (nSPS) is 13.4. The molecule has 0 saturated heterocycles. The Hall–Kier alpha value is -2.55. The van der Waals surface area contributed by atoms with Gasteiger partial charge in [-0.15, -0.1) is 0 Å². The molecule has 91 heavy (non-hydrogen) atoms. The molecule has 0 aliphatic heterocycles. The lowest BCUT2D eigenvalue weighted by molar-refractivity contribution is -0.870. The predicted octanol–water partition coefficient (Wildman–Crippen LogP) is 25.3. The lowest BCUT2D eigenvalue weighted by Gasteiger charge is -2.28. The minimum Gasteiger partial charge on any atom is -0.756 e. The van der Waals surface area contributed by atoms with Crippen LogP contribution in [0.25, 0.3) is 0 Å². The summed E-state index contributed by atoms with van der Waals surface area (Å²) >= 11 is 0. The number of hydrogen-bond donors (Lipinski definition) is 0. The Morgan fingerprint density at radius 1 is 0.352 bits per heavy atom. The summed E-state index contributed by atoms with van der Waals surface area (Å²) in [5.41, 5.74) is 0. The number of phosphoric acid groups is 1. The van der Waals surface area contributed by atoms with Crippen LogP contribution in [0.1, 0.15) is 380 Å². The molecular formula is C81H150NO8P. The molecule has 10 heteroatoms. The molecule has 0 saturated carbocycles. The monoisotopic (exact) mass is 1300 g/mol. The van der Waals surface area contributed by atoms with Crippen LogP contribution in [-0.2, 0) is 32.7 Å². The Balaban J connectivity index is 3.95. The second-order valence-corrected chi connectivity index (χ2v) is 29.1. The molecule has 0 aromatic heterocycles. The van der Waals surface area contributed by atoms with E-state index in [1.807, 2.05) is 21.1 Å². The van der Waals surface area contributed by atoms with Crippen molar-refractivity contribution in [1.82, 2.24) is 0 Å². The summed E-state index contributed by atoms with van der Waals surface area (Å²) in [7, 11) is 1.18. The molecule has 532 valence electrons. The molecule has 0 amide bonds. The number of carbonyl (C=O) groups is 2. The fourth-order valence-corrected chi connectivity index (χ4v) is 12.3. The number of likely N-dealkylation sites (N-methyl/N-ethyl adjacent to an activating group) is 1. The van der Waals surface area contributed by atoms with Crippen molar-refractivity contribution in [3.05, 3.63) is 72.9 Å². The lowest BCUT2D eigenvalue weighted by atomic mass is 10.0. The first-order valence-electron chi connectivity index (χ1n) is 39.1. The largest absolute Gasteiger partial charge is 0.756 e. The van der Waals surface area contributed by atoms with E-state index in [2.05, 4.69) is 86.8 Å². The molecule has 0 aromatic carbocycles. The molecule has 0 aliphatic rings. The first-order chi connectivity index (χ1) is 44.5. The molecule has 9 nitrogen and oxygen atoms in total. The van der Waals surface area contributed by atoms with Gasteiger partial charge in [-0.2, -0.15) is 0 Å². The van der Waals surface area contributed by atoms with Crippen LogP contribution >= 0.6 is 7.82 Å². The SMILES string of the molecule is CC/C=C\C/C=C\C/C=C\C/C=C\C/C=C\C/C=C\CCCCCCCCCCCCCCCCCCC(=O)OC(COC(=O)CCCCCCCCCCCCCCCCCCCCCCCCCCCCCCCCCC)COP(=O)([O-])OCC[N+](C)(C)C. The molecule has 0 rings (SSSR count). The first kappa shape index (κ1) is 88.5. The number of esters is 2. The summed E-state index contributed by atoms with van der Waals surface area (Å²) < 4.78 is 34.4. The molecule has 2 atom stereocenters. The van der Waals surface area contributed by atoms with Gasteiger partial charge < -0.3 is 27.9 Å². The van der Waals surface area contributed by atoms with E-state index < -0.39 is 26.5 Å². The van der Waals surface area contributed by atoms with Crippen LogP contribution in [0.15, 0.2) is 72.9 Å². The fourth-order valence-electron chi connectivity index (χ4n) is 11.5. The highest BCUT2D eigenvalue weighted by Crippen LogP contribution is 2.38. The number of quaternary nitrogens is 1. The van der Waals surface area contributed by atoms with Gasteiger partial charge in [-0.05, 0) is 64.2 Å². The van der Waals surface area contributed by atoms with Gasteiger partial charge in [-0.1, -0.05) is 376 Å². The van der Waals surface area contributed by atoms with Crippen LogP contribution in [0.3, 0.4) is 0 Å². The highest BCUT2D eigenvalue weighted by Gasteiger charge is 2.22. The molecule has 0 aliphatic carbocycles. The number of phosphoric ester groups is 1. The Morgan fingerprint density at radius 3 is 0.934 bits per heavy atom. The third kappa shape index (κ3) is 76.4. The standard InChI is InChI=1S/C81H150NO8P/c1-6-8-10-12-14-16-18-20-22-24-26-28-30-32-34-36-38-40-41-42-44-46-48-50-52-54-56-58-60-62-64-66-68-70-72-74-81(84)90-79(78-89-91(85,86)88-76-75-82(3,4)5)77-87-80(83)73-71-69-67-65-63-61-59-57-55-53-51-49-47-45-43-39-37-35-33-31-29-27-25-23-21-19-17-15-13-11-9-7-2/h8,10,14,16,20,22,26,28,32,34,38,40,79H,6-7,9,11-13,15,17-19,21,23-25,27,29-31,33,35-37,39,41-78H2,1-5H3/b10-8-,16-14-,22-20-,28-26-,34-32-,40-38-. The third-order valence-electron chi connectivity index (χ3n) is 17.5. The zero-order chi connectivity index (χ0) is 66.2. The quantitative estimate of drug-likeness (QED) is 0.0195. The molecule has 0 spiro atoms. The Kier molecular flexibility index (Phi) is 69.7. The number of rotatable bonds is 73. The number of hydrogen-bond acceptors (Lipinski definition) is 8. The number of allylic oxidation sites excluding steroid dienone is 12. The van der Waals surface area contributed by atoms with Crippen LogP contribution in [0.4, 0.5) is 0 Å². The fraction of sp³-hybridized carbons (Fsp3) is 0.827. The van der Waals surface area contributed by atoms with Crippen molar-refractivity contribution in [2.24, 2.45) is 0 Å². The lowest BCUT2D eigenvalue weighted by Crippen LogP contribution is -2.37. The van der Waals surface area contributed by atoms with E-state index in [1.165, 1.54) is 270 Å². The van der Waals surface area contributed by atoms with Crippen molar-refractivity contribution in [2.75, 3.05) is 47.5 Å². The van der Waals surface area contributed by atoms with Crippen molar-refractivity contribution >= 4 is 19.8 Å². The number of carbonyl (C=O) groups excluding carboxylic acids is 2. The van der Waals surface area contributed by atoms with Crippen molar-refractivity contribution in [3.8, 4) is 0 Å². The van der Waals surface area contributed by atoms with Gasteiger partial charge in [-0.3, -0.25) is 14.2 Å². The average molecular weight is 1300 g/mol. The summed E-state index contributed by atoms with van der Waals surface area (Å²) in [6.07, 6.45) is 97.3. The second kappa shape index (κ2) is 71.7. The van der Waals surface area contributed by atoms with E-state index in [0.29, 0.717) is 17.4 Å². The number of nitrogens with zero attached hydrogens (tertiary/aromatic N) is 1. The van der Waals surface area contributed by atoms with E-state index >= 15 is 0 Å². The summed E-state index contributed by atoms with van der Waals surface area (Å²) in [5.74, 6) is -0.814. The summed E-state index contributed by atoms with van der Waals surface area (Å²) in [4.78, 5) is 38.2. The van der Waals surface area contributed by atoms with Crippen molar-refractivity contribution in [1.29, 1.82) is 0 Å². The molecule has 0 bridgehead atoms. The number of unbranched alkanes of at least 4 members (excludes halogenated alkanes) is 47. The van der Waals surface area contributed by atoms with Crippen LogP contribution in [0, 0.1) is 0 Å². The minimum absolute atomic E-state index is 0.0298. The van der Waals surface area contributed by atoms with Gasteiger partial charge >= 0.3 is 11.9 Å². The summed E-state index contributed by atoms with van der Waals surface area (Å²) in [6.45, 7) is 4.19. The van der Waals surface area contributed by atoms with Gasteiger partial charge in [0.15, 0.2) is 6.10 Å². The second-order valence-electron chi connectivity index (χ2n) is 27.7. The maximum atomic E-state index is 12.9.